The van der Waals surface area contributed by atoms with Crippen molar-refractivity contribution in [3.05, 3.63) is 95.7 Å². The molecule has 2 heterocycles. The van der Waals surface area contributed by atoms with Crippen molar-refractivity contribution in [3.8, 4) is 16.3 Å². The van der Waals surface area contributed by atoms with E-state index in [4.69, 9.17) is 10.1 Å². The summed E-state index contributed by atoms with van der Waals surface area (Å²) < 4.78 is 2.93. The molecule has 0 bridgehead atoms. The molecule has 5 nitrogen and oxygen atoms in total. The first-order valence-corrected chi connectivity index (χ1v) is 12.0. The van der Waals surface area contributed by atoms with Crippen molar-refractivity contribution in [1.82, 2.24) is 14.8 Å². The Morgan fingerprint density at radius 2 is 1.67 bits per heavy atom. The van der Waals surface area contributed by atoms with Gasteiger partial charge in [0.15, 0.2) is 0 Å². The molecule has 6 rings (SSSR count). The molecule has 1 amide bonds. The monoisotopic (exact) mass is 450 g/mol. The lowest BCUT2D eigenvalue weighted by molar-refractivity contribution is -0.115. The second-order valence-electron chi connectivity index (χ2n) is 8.29. The number of carbonyl (C=O) groups excluding carboxylic acids is 1. The number of carbonyl (C=O) groups is 1. The Labute approximate surface area is 195 Å². The fourth-order valence-electron chi connectivity index (χ4n) is 4.42. The van der Waals surface area contributed by atoms with Gasteiger partial charge in [-0.25, -0.2) is 4.98 Å². The number of benzene rings is 3. The van der Waals surface area contributed by atoms with Crippen LogP contribution in [0.3, 0.4) is 0 Å². The van der Waals surface area contributed by atoms with E-state index in [1.807, 2.05) is 53.2 Å². The average molecular weight is 451 g/mol. The molecule has 3 aromatic carbocycles. The minimum absolute atomic E-state index is 0.0422. The van der Waals surface area contributed by atoms with E-state index >= 15 is 0 Å². The molecule has 1 N–H and O–H groups in total. The van der Waals surface area contributed by atoms with Crippen LogP contribution < -0.4 is 5.32 Å². The van der Waals surface area contributed by atoms with Crippen LogP contribution in [-0.2, 0) is 24.1 Å². The molecular weight excluding hydrogens is 428 g/mol. The van der Waals surface area contributed by atoms with Crippen LogP contribution in [0.4, 0.5) is 5.82 Å². The number of nitrogens with one attached hydrogen (secondary N) is 1. The quantitative estimate of drug-likeness (QED) is 0.367. The van der Waals surface area contributed by atoms with Crippen molar-refractivity contribution in [2.45, 2.75) is 25.7 Å². The van der Waals surface area contributed by atoms with E-state index in [9.17, 15) is 4.79 Å². The normalized spacial score (nSPS) is 12.7. The molecule has 33 heavy (non-hydrogen) atoms. The number of anilines is 1. The van der Waals surface area contributed by atoms with Crippen LogP contribution in [0.5, 0.6) is 0 Å². The van der Waals surface area contributed by atoms with Crippen molar-refractivity contribution in [2.24, 2.45) is 0 Å². The largest absolute Gasteiger partial charge is 0.310 e. The van der Waals surface area contributed by atoms with E-state index < -0.39 is 0 Å². The number of rotatable bonds is 5. The number of thiazole rings is 1. The molecule has 6 heteroatoms. The topological polar surface area (TPSA) is 59.8 Å². The number of fused-ring (bicyclic) bond motifs is 2. The van der Waals surface area contributed by atoms with Crippen LogP contribution >= 0.6 is 11.3 Å². The Morgan fingerprint density at radius 1 is 0.909 bits per heavy atom. The summed E-state index contributed by atoms with van der Waals surface area (Å²) in [4.78, 5) is 17.8. The van der Waals surface area contributed by atoms with Crippen LogP contribution in [0.1, 0.15) is 23.2 Å². The van der Waals surface area contributed by atoms with Gasteiger partial charge in [-0.3, -0.25) is 4.79 Å². The van der Waals surface area contributed by atoms with Crippen LogP contribution in [0, 0.1) is 0 Å². The summed E-state index contributed by atoms with van der Waals surface area (Å²) in [5.74, 6) is 0.729. The SMILES string of the molecule is O=C(Cc1ccc(-c2ccccc2)cc1)Nc1c2c(nn1-c1nc3ccccc3s1)CCC2. The highest BCUT2D eigenvalue weighted by molar-refractivity contribution is 7.20. The molecule has 162 valence electrons. The van der Waals surface area contributed by atoms with E-state index in [0.717, 1.165) is 62.8 Å². The van der Waals surface area contributed by atoms with E-state index in [1.165, 1.54) is 5.56 Å². The van der Waals surface area contributed by atoms with Gasteiger partial charge >= 0.3 is 0 Å². The second-order valence-corrected chi connectivity index (χ2v) is 9.30. The summed E-state index contributed by atoms with van der Waals surface area (Å²) in [6.45, 7) is 0. The lowest BCUT2D eigenvalue weighted by atomic mass is 10.0. The molecule has 1 aliphatic rings. The fourth-order valence-corrected chi connectivity index (χ4v) is 5.34. The first-order chi connectivity index (χ1) is 16.2. The van der Waals surface area contributed by atoms with Crippen LogP contribution in [0.15, 0.2) is 78.9 Å². The van der Waals surface area contributed by atoms with Gasteiger partial charge in [0.2, 0.25) is 11.0 Å². The minimum atomic E-state index is -0.0422. The van der Waals surface area contributed by atoms with Gasteiger partial charge in [0.1, 0.15) is 5.82 Å². The van der Waals surface area contributed by atoms with Gasteiger partial charge in [-0.15, -0.1) is 0 Å². The van der Waals surface area contributed by atoms with Gasteiger partial charge in [-0.05, 0) is 48.1 Å². The number of aromatic nitrogens is 3. The molecule has 1 aliphatic carbocycles. The predicted octanol–water partition coefficient (Wildman–Crippen LogP) is 5.82. The van der Waals surface area contributed by atoms with Gasteiger partial charge in [0.05, 0.1) is 22.3 Å². The molecule has 0 unspecified atom stereocenters. The average Bonchev–Trinajstić information content (AvgIpc) is 3.55. The standard InChI is InChI=1S/C27H22N4OS/c32-25(17-18-13-15-20(16-14-18)19-7-2-1-3-8-19)29-26-21-9-6-11-22(21)30-31(26)27-28-23-10-4-5-12-24(23)33-27/h1-5,7-8,10,12-16H,6,9,11,17H2,(H,29,32). The molecule has 2 aromatic heterocycles. The number of aryl methyl sites for hydroxylation is 1. The maximum absolute atomic E-state index is 13.0. The Hall–Kier alpha value is -3.77. The van der Waals surface area contributed by atoms with Crippen molar-refractivity contribution >= 4 is 33.3 Å². The van der Waals surface area contributed by atoms with E-state index in [0.29, 0.717) is 6.42 Å². The molecule has 0 saturated carbocycles. The number of hydrogen-bond donors (Lipinski definition) is 1. The number of amides is 1. The molecule has 0 atom stereocenters. The summed E-state index contributed by atoms with van der Waals surface area (Å²) in [6.07, 6.45) is 3.26. The number of nitrogens with zero attached hydrogens (tertiary/aromatic N) is 3. The van der Waals surface area contributed by atoms with Crippen molar-refractivity contribution in [1.29, 1.82) is 0 Å². The second kappa shape index (κ2) is 8.30. The fraction of sp³-hybridized carbons (Fsp3) is 0.148. The summed E-state index contributed by atoms with van der Waals surface area (Å²) in [7, 11) is 0. The lowest BCUT2D eigenvalue weighted by Gasteiger charge is -2.09. The third-order valence-electron chi connectivity index (χ3n) is 6.05. The van der Waals surface area contributed by atoms with E-state index in [2.05, 4.69) is 35.6 Å². The molecule has 0 radical (unpaired) electrons. The Kier molecular flexibility index (Phi) is 5.00. The lowest BCUT2D eigenvalue weighted by Crippen LogP contribution is -2.18. The Bertz CT molecular complexity index is 1420. The zero-order valence-electron chi connectivity index (χ0n) is 18.0. The van der Waals surface area contributed by atoms with Crippen LogP contribution in [0.25, 0.3) is 26.5 Å². The van der Waals surface area contributed by atoms with Crippen LogP contribution in [-0.4, -0.2) is 20.7 Å². The summed E-state index contributed by atoms with van der Waals surface area (Å²) in [6, 6.07) is 26.5. The van der Waals surface area contributed by atoms with Gasteiger partial charge < -0.3 is 5.32 Å². The third-order valence-corrected chi connectivity index (χ3v) is 7.07. The number of hydrogen-bond acceptors (Lipinski definition) is 4. The first-order valence-electron chi connectivity index (χ1n) is 11.2. The maximum Gasteiger partial charge on any atom is 0.229 e. The minimum Gasteiger partial charge on any atom is -0.310 e. The van der Waals surface area contributed by atoms with Gasteiger partial charge in [-0.1, -0.05) is 78.1 Å². The molecule has 5 aromatic rings. The highest BCUT2D eigenvalue weighted by Gasteiger charge is 2.25. The van der Waals surface area contributed by atoms with Gasteiger partial charge in [-0.2, -0.15) is 9.78 Å². The van der Waals surface area contributed by atoms with E-state index in [1.54, 1.807) is 11.3 Å². The number of para-hydroxylation sites is 1. The Morgan fingerprint density at radius 3 is 2.48 bits per heavy atom. The predicted molar refractivity (Wildman–Crippen MR) is 133 cm³/mol. The highest BCUT2D eigenvalue weighted by atomic mass is 32.1. The summed E-state index contributed by atoms with van der Waals surface area (Å²) in [5.41, 5.74) is 6.45. The first kappa shape index (κ1) is 19.9. The van der Waals surface area contributed by atoms with Crippen LogP contribution in [0.2, 0.25) is 0 Å². The summed E-state index contributed by atoms with van der Waals surface area (Å²) >= 11 is 1.59. The summed E-state index contributed by atoms with van der Waals surface area (Å²) in [5, 5.41) is 8.75. The third kappa shape index (κ3) is 3.83. The smallest absolute Gasteiger partial charge is 0.229 e. The molecule has 0 aliphatic heterocycles. The zero-order valence-corrected chi connectivity index (χ0v) is 18.8. The zero-order chi connectivity index (χ0) is 22.2. The van der Waals surface area contributed by atoms with Crippen molar-refractivity contribution in [2.75, 3.05) is 5.32 Å². The van der Waals surface area contributed by atoms with Crippen molar-refractivity contribution in [3.63, 3.8) is 0 Å². The highest BCUT2D eigenvalue weighted by Crippen LogP contribution is 2.33. The maximum atomic E-state index is 13.0. The van der Waals surface area contributed by atoms with Gasteiger partial charge in [0, 0.05) is 5.56 Å². The molecule has 0 saturated heterocycles. The van der Waals surface area contributed by atoms with Gasteiger partial charge in [0.25, 0.3) is 0 Å². The van der Waals surface area contributed by atoms with E-state index in [-0.39, 0.29) is 5.91 Å². The Balaban J connectivity index is 1.25. The molecule has 0 fully saturated rings. The van der Waals surface area contributed by atoms with Crippen molar-refractivity contribution < 1.29 is 4.79 Å². The molecule has 0 spiro atoms. The molecular formula is C27H22N4OS.